The van der Waals surface area contributed by atoms with Crippen LogP contribution < -0.4 is 0 Å². The van der Waals surface area contributed by atoms with Gasteiger partial charge in [0.15, 0.2) is 0 Å². The van der Waals surface area contributed by atoms with Crippen LogP contribution in [-0.2, 0) is 35.4 Å². The van der Waals surface area contributed by atoms with Crippen LogP contribution in [0.5, 0.6) is 0 Å². The van der Waals surface area contributed by atoms with Crippen molar-refractivity contribution in [2.24, 2.45) is 0 Å². The van der Waals surface area contributed by atoms with Crippen molar-refractivity contribution < 1.29 is 35.4 Å². The molecule has 0 atom stereocenters. The molecule has 0 fully saturated rings. The van der Waals surface area contributed by atoms with Crippen molar-refractivity contribution >= 4 is 34.2 Å². The van der Waals surface area contributed by atoms with Crippen LogP contribution in [0, 0.1) is 0 Å². The van der Waals surface area contributed by atoms with Crippen LogP contribution in [0.2, 0.25) is 50.4 Å². The first-order valence-corrected chi connectivity index (χ1v) is 26.9. The molecule has 0 aliphatic rings. The van der Waals surface area contributed by atoms with Crippen molar-refractivity contribution in [3.8, 4) is 0 Å². The fourth-order valence-corrected chi connectivity index (χ4v) is 12.6. The normalized spacial score (nSPS) is 13.1. The van der Waals surface area contributed by atoms with Gasteiger partial charge < -0.3 is 45.2 Å². The second kappa shape index (κ2) is 26.4. The van der Waals surface area contributed by atoms with Crippen molar-refractivity contribution in [1.82, 2.24) is 9.80 Å². The van der Waals surface area contributed by atoms with E-state index in [4.69, 9.17) is 35.4 Å². The van der Waals surface area contributed by atoms with Gasteiger partial charge in [0.2, 0.25) is 0 Å². The summed E-state index contributed by atoms with van der Waals surface area (Å²) in [6, 6.07) is 4.19. The zero-order chi connectivity index (χ0) is 34.1. The number of nitrogens with zero attached hydrogens (tertiary/aromatic N) is 2. The van der Waals surface area contributed by atoms with Gasteiger partial charge in [-0.1, -0.05) is 0 Å². The molecule has 268 valence electrons. The average Bonchev–Trinajstić information content (AvgIpc) is 2.97. The second-order valence-electron chi connectivity index (χ2n) is 12.1. The topological polar surface area (TPSA) is 80.3 Å². The molecule has 0 heterocycles. The molecule has 0 aromatic carbocycles. The van der Waals surface area contributed by atoms with E-state index >= 15 is 0 Å². The molecule has 0 saturated heterocycles. The molecule has 14 heteroatoms. The predicted octanol–water partition coefficient (Wildman–Crippen LogP) is 6.42. The zero-order valence-corrected chi connectivity index (χ0v) is 35.5. The van der Waals surface area contributed by atoms with Gasteiger partial charge in [0.05, 0.1) is 0 Å². The monoisotopic (exact) mass is 702 g/mol. The molecule has 0 aliphatic heterocycles. The van der Waals surface area contributed by atoms with Gasteiger partial charge in [-0.05, 0) is 144 Å². The maximum atomic E-state index is 5.90. The third-order valence-electron chi connectivity index (χ3n) is 8.21. The van der Waals surface area contributed by atoms with E-state index in [1.54, 1.807) is 28.4 Å². The smallest absolute Gasteiger partial charge is 0.334 e. The highest BCUT2D eigenvalue weighted by Gasteiger charge is 2.32. The van der Waals surface area contributed by atoms with Crippen molar-refractivity contribution in [2.75, 3.05) is 95.1 Å². The Kier molecular flexibility index (Phi) is 28.0. The second-order valence-corrected chi connectivity index (χ2v) is 26.0. The zero-order valence-electron chi connectivity index (χ0n) is 31.5. The van der Waals surface area contributed by atoms with Crippen molar-refractivity contribution in [2.45, 2.75) is 104 Å². The lowest BCUT2D eigenvalue weighted by Crippen LogP contribution is -2.40. The first-order valence-electron chi connectivity index (χ1n) is 16.8. The first-order chi connectivity index (χ1) is 20.7. The Morgan fingerprint density at radius 2 is 0.591 bits per heavy atom. The molecule has 0 spiro atoms. The number of hydrogen-bond donors (Lipinski definition) is 0. The van der Waals surface area contributed by atoms with Gasteiger partial charge in [-0.3, -0.25) is 0 Å². The summed E-state index contributed by atoms with van der Waals surface area (Å²) >= 11 is 0. The Bertz CT molecular complexity index is 601. The fraction of sp³-hybridized carbons (Fsp3) is 1.00. The minimum absolute atomic E-state index is 0.747. The van der Waals surface area contributed by atoms with E-state index in [2.05, 4.69) is 50.1 Å². The summed E-state index contributed by atoms with van der Waals surface area (Å²) in [5.41, 5.74) is 0. The Morgan fingerprint density at radius 1 is 0.386 bits per heavy atom. The van der Waals surface area contributed by atoms with Gasteiger partial charge in [-0.25, -0.2) is 0 Å². The van der Waals surface area contributed by atoms with E-state index in [0.717, 1.165) is 102 Å². The maximum Gasteiger partial charge on any atom is 0.334 e. The summed E-state index contributed by atoms with van der Waals surface area (Å²) < 4.78 is 45.6. The molecule has 0 radical (unpaired) electrons. The molecule has 0 aromatic heterocycles. The van der Waals surface area contributed by atoms with Crippen LogP contribution in [0.1, 0.15) is 53.4 Å². The molecule has 44 heavy (non-hydrogen) atoms. The molecule has 0 saturated carbocycles. The van der Waals surface area contributed by atoms with E-state index < -0.39 is 34.2 Å². The van der Waals surface area contributed by atoms with E-state index in [0.29, 0.717) is 0 Å². The molecular formula is C30H74N2O8Si4. The molecular weight excluding hydrogens is 629 g/mol. The van der Waals surface area contributed by atoms with E-state index in [1.807, 2.05) is 27.7 Å². The van der Waals surface area contributed by atoms with E-state index in [9.17, 15) is 0 Å². The molecule has 0 amide bonds. The highest BCUT2D eigenvalue weighted by molar-refractivity contribution is 6.67. The largest absolute Gasteiger partial charge is 0.398 e. The summed E-state index contributed by atoms with van der Waals surface area (Å²) in [5, 5.41) is 0. The van der Waals surface area contributed by atoms with Crippen LogP contribution in [0.3, 0.4) is 0 Å². The highest BCUT2D eigenvalue weighted by Crippen LogP contribution is 2.19. The Hall–Kier alpha value is 0.468. The quantitative estimate of drug-likeness (QED) is 0.0853. The van der Waals surface area contributed by atoms with Crippen LogP contribution in [-0.4, -0.2) is 139 Å². The van der Waals surface area contributed by atoms with Gasteiger partial charge in [-0.15, -0.1) is 0 Å². The van der Waals surface area contributed by atoms with Gasteiger partial charge in [-0.2, -0.15) is 0 Å². The number of rotatable bonds is 28. The van der Waals surface area contributed by atoms with Gasteiger partial charge in [0.25, 0.3) is 0 Å². The van der Waals surface area contributed by atoms with Crippen LogP contribution in [0.25, 0.3) is 0 Å². The maximum absolute atomic E-state index is 5.90. The summed E-state index contributed by atoms with van der Waals surface area (Å²) in [7, 11) is 3.65. The Balaban J connectivity index is 0. The molecule has 0 bridgehead atoms. The average molecular weight is 703 g/mol. The van der Waals surface area contributed by atoms with E-state index in [-0.39, 0.29) is 0 Å². The third kappa shape index (κ3) is 22.9. The molecule has 0 N–H and O–H groups in total. The minimum Gasteiger partial charge on any atom is -0.398 e. The third-order valence-corrected chi connectivity index (χ3v) is 20.3. The van der Waals surface area contributed by atoms with Gasteiger partial charge in [0.1, 0.15) is 0 Å². The fourth-order valence-electron chi connectivity index (χ4n) is 5.07. The Morgan fingerprint density at radius 3 is 0.773 bits per heavy atom. The SMILES string of the molecule is CCO[Si](C)(CCCN(C)CCC[Si](C)(OCC)OCC)OCC.CO[Si](C)(CCCN(C)CCC[Si](C)(OC)OC)OC. The molecule has 0 aromatic rings. The van der Waals surface area contributed by atoms with Gasteiger partial charge >= 0.3 is 34.2 Å². The lowest BCUT2D eigenvalue weighted by atomic mass is 10.4. The standard InChI is InChI=1S/C17H41NO4Si2.C13H33NO4Si2/c1-8-19-23(6,20-9-2)16-12-14-18(5)15-13-17-24(7,21-10-3)22-11-4;1-14(10-8-12-19(6,15-2)16-3)11-9-13-20(7,17-4)18-5/h8-17H2,1-7H3;8-13H2,1-7H3. The van der Waals surface area contributed by atoms with Crippen molar-refractivity contribution in [3.63, 3.8) is 0 Å². The van der Waals surface area contributed by atoms with E-state index in [1.165, 1.54) is 0 Å². The molecule has 0 unspecified atom stereocenters. The van der Waals surface area contributed by atoms with Gasteiger partial charge in [0, 0.05) is 54.9 Å². The molecule has 0 rings (SSSR count). The summed E-state index contributed by atoms with van der Waals surface area (Å²) in [6.07, 6.45) is 4.49. The minimum atomic E-state index is -1.96. The summed E-state index contributed by atoms with van der Waals surface area (Å²) in [5.74, 6) is 0. The van der Waals surface area contributed by atoms with Crippen molar-refractivity contribution in [3.05, 3.63) is 0 Å². The lowest BCUT2D eigenvalue weighted by molar-refractivity contribution is 0.185. The predicted molar refractivity (Wildman–Crippen MR) is 194 cm³/mol. The first kappa shape index (κ1) is 46.6. The molecule has 0 aliphatic carbocycles. The molecule has 10 nitrogen and oxygen atoms in total. The van der Waals surface area contributed by atoms with Crippen LogP contribution >= 0.6 is 0 Å². The number of hydrogen-bond acceptors (Lipinski definition) is 10. The lowest BCUT2D eigenvalue weighted by Gasteiger charge is -2.28. The van der Waals surface area contributed by atoms with Crippen molar-refractivity contribution in [1.29, 1.82) is 0 Å². The van der Waals surface area contributed by atoms with Crippen LogP contribution in [0.15, 0.2) is 0 Å². The summed E-state index contributed by atoms with van der Waals surface area (Å²) in [6.45, 7) is 24.1. The summed E-state index contributed by atoms with van der Waals surface area (Å²) in [4.78, 5) is 4.76. The van der Waals surface area contributed by atoms with Crippen LogP contribution in [0.4, 0.5) is 0 Å². The Labute approximate surface area is 277 Å². The highest BCUT2D eigenvalue weighted by atomic mass is 28.4.